The van der Waals surface area contributed by atoms with Crippen molar-refractivity contribution in [2.45, 2.75) is 19.8 Å². The Bertz CT molecular complexity index is 123. The summed E-state index contributed by atoms with van der Waals surface area (Å²) in [4.78, 5) is 10.7. The summed E-state index contributed by atoms with van der Waals surface area (Å²) in [7, 11) is 0. The van der Waals surface area contributed by atoms with Crippen molar-refractivity contribution in [1.82, 2.24) is 0 Å². The van der Waals surface area contributed by atoms with E-state index in [9.17, 15) is 4.79 Å². The van der Waals surface area contributed by atoms with Gasteiger partial charge in [-0.05, 0) is 19.4 Å². The van der Waals surface area contributed by atoms with Crippen LogP contribution in [0.3, 0.4) is 0 Å². The third-order valence-corrected chi connectivity index (χ3v) is 0.947. The second kappa shape index (κ2) is 5.29. The number of hydrogen-bond donors (Lipinski definition) is 0. The molecule has 0 aliphatic rings. The fourth-order valence-corrected chi connectivity index (χ4v) is 0.514. The smallest absolute Gasteiger partial charge is 0.155 e. The molecule has 0 aliphatic carbocycles. The lowest BCUT2D eigenvalue weighted by Gasteiger charge is -1.86. The molecule has 0 spiro atoms. The Balaban J connectivity index is 3.38. The molecule has 0 aliphatic heterocycles. The minimum absolute atomic E-state index is 0.178. The van der Waals surface area contributed by atoms with Crippen LogP contribution in [0, 0.1) is 0 Å². The maximum absolute atomic E-state index is 10.7. The molecule has 0 radical (unpaired) electrons. The monoisotopic (exact) mass is 124 g/mol. The molecule has 9 heavy (non-hydrogen) atoms. The summed E-state index contributed by atoms with van der Waals surface area (Å²) in [6.07, 6.45) is 6.47. The van der Waals surface area contributed by atoms with Gasteiger partial charge in [0.2, 0.25) is 0 Å². The molecule has 0 saturated carbocycles. The predicted molar refractivity (Wildman–Crippen MR) is 39.3 cm³/mol. The molecule has 0 aromatic rings. The van der Waals surface area contributed by atoms with Crippen molar-refractivity contribution >= 4 is 5.78 Å². The molecule has 50 valence electrons. The summed E-state index contributed by atoms with van der Waals surface area (Å²) in [5.74, 6) is 0.178. The van der Waals surface area contributed by atoms with Crippen molar-refractivity contribution in [1.29, 1.82) is 0 Å². The molecule has 0 fully saturated rings. The Kier molecular flexibility index (Phi) is 4.79. The Labute approximate surface area is 56.1 Å². The Hall–Kier alpha value is -0.850. The van der Waals surface area contributed by atoms with Gasteiger partial charge < -0.3 is 0 Å². The first-order chi connectivity index (χ1) is 4.31. The lowest BCUT2D eigenvalue weighted by atomic mass is 10.2. The Morgan fingerprint density at radius 2 is 2.33 bits per heavy atom. The van der Waals surface area contributed by atoms with Crippen LogP contribution in [-0.2, 0) is 4.79 Å². The summed E-state index contributed by atoms with van der Waals surface area (Å²) in [6.45, 7) is 5.36. The zero-order valence-corrected chi connectivity index (χ0v) is 5.76. The van der Waals surface area contributed by atoms with Gasteiger partial charge in [-0.1, -0.05) is 12.2 Å². The van der Waals surface area contributed by atoms with Crippen molar-refractivity contribution in [2.24, 2.45) is 0 Å². The summed E-state index contributed by atoms with van der Waals surface area (Å²) >= 11 is 0. The largest absolute Gasteiger partial charge is 0.295 e. The normalized spacial score (nSPS) is 9.89. The van der Waals surface area contributed by atoms with E-state index in [-0.39, 0.29) is 5.78 Å². The number of carbonyl (C=O) groups excluding carboxylic acids is 1. The van der Waals surface area contributed by atoms with Crippen molar-refractivity contribution in [2.75, 3.05) is 0 Å². The molecular formula is C8H12O. The molecule has 1 heteroatoms. The van der Waals surface area contributed by atoms with Crippen molar-refractivity contribution in [3.63, 3.8) is 0 Å². The number of allylic oxidation sites excluding steroid dienone is 3. The highest BCUT2D eigenvalue weighted by atomic mass is 16.1. The Morgan fingerprint density at radius 3 is 2.78 bits per heavy atom. The molecule has 0 atom stereocenters. The van der Waals surface area contributed by atoms with Crippen molar-refractivity contribution in [3.8, 4) is 0 Å². The zero-order chi connectivity index (χ0) is 7.11. The van der Waals surface area contributed by atoms with Crippen LogP contribution in [-0.4, -0.2) is 5.78 Å². The van der Waals surface area contributed by atoms with Gasteiger partial charge in [-0.2, -0.15) is 0 Å². The van der Waals surface area contributed by atoms with E-state index in [1.165, 1.54) is 0 Å². The Morgan fingerprint density at radius 1 is 1.67 bits per heavy atom. The third kappa shape index (κ3) is 5.01. The predicted octanol–water partition coefficient (Wildman–Crippen LogP) is 2.10. The van der Waals surface area contributed by atoms with E-state index >= 15 is 0 Å². The molecule has 0 saturated heterocycles. The molecule has 0 aromatic heterocycles. The summed E-state index contributed by atoms with van der Waals surface area (Å²) in [6, 6.07) is 0. The highest BCUT2D eigenvalue weighted by molar-refractivity contribution is 5.89. The first-order valence-corrected chi connectivity index (χ1v) is 3.07. The second-order valence-electron chi connectivity index (χ2n) is 1.79. The fraction of sp³-hybridized carbons (Fsp3) is 0.375. The van der Waals surface area contributed by atoms with E-state index < -0.39 is 0 Å². The molecule has 0 bridgehead atoms. The van der Waals surface area contributed by atoms with Crippen LogP contribution in [0.25, 0.3) is 0 Å². The van der Waals surface area contributed by atoms with E-state index in [1.807, 2.05) is 6.92 Å². The molecule has 0 amide bonds. The SMILES string of the molecule is C=CCCC(=O)/C=C/C. The lowest BCUT2D eigenvalue weighted by Crippen LogP contribution is -1.89. The van der Waals surface area contributed by atoms with Gasteiger partial charge in [0.1, 0.15) is 0 Å². The molecule has 0 aromatic carbocycles. The maximum Gasteiger partial charge on any atom is 0.155 e. The highest BCUT2D eigenvalue weighted by Gasteiger charge is 1.90. The fourth-order valence-electron chi connectivity index (χ4n) is 0.514. The van der Waals surface area contributed by atoms with Gasteiger partial charge in [0.15, 0.2) is 5.78 Å². The van der Waals surface area contributed by atoms with E-state index in [0.717, 1.165) is 6.42 Å². The molecule has 0 unspecified atom stereocenters. The lowest BCUT2D eigenvalue weighted by molar-refractivity contribution is -0.114. The number of ketones is 1. The zero-order valence-electron chi connectivity index (χ0n) is 5.76. The van der Waals surface area contributed by atoms with Crippen molar-refractivity contribution in [3.05, 3.63) is 24.8 Å². The van der Waals surface area contributed by atoms with E-state index in [4.69, 9.17) is 0 Å². The van der Waals surface area contributed by atoms with Crippen LogP contribution < -0.4 is 0 Å². The van der Waals surface area contributed by atoms with Crippen LogP contribution in [0.4, 0.5) is 0 Å². The van der Waals surface area contributed by atoms with Gasteiger partial charge in [0, 0.05) is 6.42 Å². The average molecular weight is 124 g/mol. The molecule has 0 N–H and O–H groups in total. The van der Waals surface area contributed by atoms with Crippen LogP contribution >= 0.6 is 0 Å². The van der Waals surface area contributed by atoms with Gasteiger partial charge in [-0.15, -0.1) is 6.58 Å². The number of carbonyl (C=O) groups is 1. The van der Waals surface area contributed by atoms with Gasteiger partial charge in [-0.25, -0.2) is 0 Å². The first-order valence-electron chi connectivity index (χ1n) is 3.07. The third-order valence-electron chi connectivity index (χ3n) is 0.947. The van der Waals surface area contributed by atoms with Crippen molar-refractivity contribution < 1.29 is 4.79 Å². The highest BCUT2D eigenvalue weighted by Crippen LogP contribution is 1.91. The number of hydrogen-bond acceptors (Lipinski definition) is 1. The quantitative estimate of drug-likeness (QED) is 0.414. The van der Waals surface area contributed by atoms with E-state index in [2.05, 4.69) is 6.58 Å². The van der Waals surface area contributed by atoms with E-state index in [0.29, 0.717) is 6.42 Å². The second-order valence-corrected chi connectivity index (χ2v) is 1.79. The van der Waals surface area contributed by atoms with E-state index in [1.54, 1.807) is 18.2 Å². The standard InChI is InChI=1S/C8H12O/c1-3-5-7-8(9)6-4-2/h3-4,6H,1,5,7H2,2H3/b6-4+. The first kappa shape index (κ1) is 8.15. The minimum atomic E-state index is 0.178. The van der Waals surface area contributed by atoms with Gasteiger partial charge in [0.05, 0.1) is 0 Å². The minimum Gasteiger partial charge on any atom is -0.295 e. The van der Waals surface area contributed by atoms with Gasteiger partial charge in [0.25, 0.3) is 0 Å². The molecule has 0 heterocycles. The summed E-state index contributed by atoms with van der Waals surface area (Å²) in [5, 5.41) is 0. The van der Waals surface area contributed by atoms with Gasteiger partial charge in [-0.3, -0.25) is 4.79 Å². The van der Waals surface area contributed by atoms with Crippen LogP contribution in [0.5, 0.6) is 0 Å². The summed E-state index contributed by atoms with van der Waals surface area (Å²) < 4.78 is 0. The van der Waals surface area contributed by atoms with Crippen LogP contribution in [0.1, 0.15) is 19.8 Å². The van der Waals surface area contributed by atoms with Crippen LogP contribution in [0.2, 0.25) is 0 Å². The molecule has 1 nitrogen and oxygen atoms in total. The van der Waals surface area contributed by atoms with Gasteiger partial charge >= 0.3 is 0 Å². The molecular weight excluding hydrogens is 112 g/mol. The number of rotatable bonds is 4. The maximum atomic E-state index is 10.7. The van der Waals surface area contributed by atoms with Crippen LogP contribution in [0.15, 0.2) is 24.8 Å². The summed E-state index contributed by atoms with van der Waals surface area (Å²) in [5.41, 5.74) is 0. The topological polar surface area (TPSA) is 17.1 Å². The average Bonchev–Trinajstić information content (AvgIpc) is 1.85. The molecule has 0 rings (SSSR count).